The fourth-order valence-electron chi connectivity index (χ4n) is 0.643. The van der Waals surface area contributed by atoms with Crippen LogP contribution in [0.2, 0.25) is 0 Å². The third-order valence-corrected chi connectivity index (χ3v) is 6.43. The van der Waals surface area contributed by atoms with E-state index in [9.17, 15) is 29.8 Å². The highest BCUT2D eigenvalue weighted by Crippen LogP contribution is 2.50. The first-order valence-electron chi connectivity index (χ1n) is 5.19. The lowest BCUT2D eigenvalue weighted by atomic mass is 11.7. The van der Waals surface area contributed by atoms with Gasteiger partial charge in [0, 0.05) is 0 Å². The summed E-state index contributed by atoms with van der Waals surface area (Å²) in [6.45, 7) is 0. The minimum atomic E-state index is -4.93. The summed E-state index contributed by atoms with van der Waals surface area (Å²) in [5, 5.41) is 0. The van der Waals surface area contributed by atoms with E-state index in [1.807, 2.05) is 0 Å². The zero-order chi connectivity index (χ0) is 18.4. The Labute approximate surface area is 133 Å². The molecule has 0 unspecified atom stereocenters. The topological polar surface area (TPSA) is 175 Å². The van der Waals surface area contributed by atoms with Crippen LogP contribution in [0.15, 0.2) is 0 Å². The van der Waals surface area contributed by atoms with Crippen LogP contribution in [-0.4, -0.2) is 64.4 Å². The lowest BCUT2D eigenvalue weighted by Gasteiger charge is -2.17. The van der Waals surface area contributed by atoms with Gasteiger partial charge in [-0.05, 0) is 0 Å². The quantitative estimate of drug-likeness (QED) is 0.275. The first-order chi connectivity index (χ1) is 10.3. The molecule has 0 spiro atoms. The van der Waals surface area contributed by atoms with Gasteiger partial charge in [0.05, 0.1) is 21.3 Å². The minimum Gasteiger partial charge on any atom is -0.272 e. The molecule has 0 saturated heterocycles. The van der Waals surface area contributed by atoms with Gasteiger partial charge >= 0.3 is 7.82 Å². The van der Waals surface area contributed by atoms with Gasteiger partial charge in [-0.2, -0.15) is 25.3 Å². The molecule has 140 valence electrons. The Morgan fingerprint density at radius 2 is 0.826 bits per heavy atom. The van der Waals surface area contributed by atoms with Gasteiger partial charge in [0.2, 0.25) is 0 Å². The standard InChI is InChI=1S/C6H15O13PS3/c1-14-21(8,9)4-17-20(7,18-5-22(10,11)15-2)19-6-23(12,13)16-3/h4-6H2,1-3H3. The summed E-state index contributed by atoms with van der Waals surface area (Å²) < 4.78 is 104. The third-order valence-electron chi connectivity index (χ3n) is 1.83. The molecule has 0 radical (unpaired) electrons. The van der Waals surface area contributed by atoms with Crippen LogP contribution in [-0.2, 0) is 61.0 Å². The molecule has 0 aliphatic carbocycles. The van der Waals surface area contributed by atoms with Gasteiger partial charge in [-0.3, -0.25) is 26.1 Å². The molecule has 0 fully saturated rings. The van der Waals surface area contributed by atoms with Crippen molar-refractivity contribution < 1.29 is 55.9 Å². The molecular weight excluding hydrogens is 407 g/mol. The first kappa shape index (κ1) is 22.8. The van der Waals surface area contributed by atoms with E-state index in [0.717, 1.165) is 21.3 Å². The van der Waals surface area contributed by atoms with Crippen molar-refractivity contribution in [3.05, 3.63) is 0 Å². The van der Waals surface area contributed by atoms with Crippen LogP contribution in [0.3, 0.4) is 0 Å². The maximum atomic E-state index is 12.1. The highest BCUT2D eigenvalue weighted by molar-refractivity contribution is 7.87. The first-order valence-corrected chi connectivity index (χ1v) is 11.4. The van der Waals surface area contributed by atoms with Gasteiger partial charge in [-0.15, -0.1) is 0 Å². The summed E-state index contributed by atoms with van der Waals surface area (Å²) in [4.78, 5) is 0. The highest BCUT2D eigenvalue weighted by atomic mass is 32.2. The Morgan fingerprint density at radius 1 is 0.609 bits per heavy atom. The Morgan fingerprint density at radius 3 is 1.00 bits per heavy atom. The summed E-state index contributed by atoms with van der Waals surface area (Å²) >= 11 is 0. The van der Waals surface area contributed by atoms with Crippen molar-refractivity contribution in [2.45, 2.75) is 0 Å². The Hall–Kier alpha value is -0.160. The van der Waals surface area contributed by atoms with Crippen molar-refractivity contribution in [2.75, 3.05) is 39.1 Å². The lowest BCUT2D eigenvalue weighted by Crippen LogP contribution is -2.17. The van der Waals surface area contributed by atoms with E-state index in [1.165, 1.54) is 0 Å². The van der Waals surface area contributed by atoms with Crippen molar-refractivity contribution in [1.29, 1.82) is 0 Å². The van der Waals surface area contributed by atoms with Crippen LogP contribution in [0.25, 0.3) is 0 Å². The van der Waals surface area contributed by atoms with E-state index in [2.05, 4.69) is 26.1 Å². The normalized spacial score (nSPS) is 14.0. The number of phosphoric ester groups is 1. The molecule has 0 aliphatic rings. The average Bonchev–Trinajstić information content (AvgIpc) is 2.50. The molecule has 0 aromatic carbocycles. The third kappa shape index (κ3) is 9.65. The predicted octanol–water partition coefficient (Wildman–Crippen LogP) is -1.05. The number of hydrogen-bond acceptors (Lipinski definition) is 13. The molecule has 0 amide bonds. The summed E-state index contributed by atoms with van der Waals surface area (Å²) in [5.41, 5.74) is 0. The van der Waals surface area contributed by atoms with E-state index >= 15 is 0 Å². The smallest absolute Gasteiger partial charge is 0.272 e. The van der Waals surface area contributed by atoms with Crippen LogP contribution in [0.5, 0.6) is 0 Å². The highest BCUT2D eigenvalue weighted by Gasteiger charge is 2.34. The zero-order valence-corrected chi connectivity index (χ0v) is 15.4. The second-order valence-electron chi connectivity index (χ2n) is 3.36. The van der Waals surface area contributed by atoms with Gasteiger partial charge < -0.3 is 0 Å². The molecule has 0 saturated carbocycles. The Kier molecular flexibility index (Phi) is 8.73. The lowest BCUT2D eigenvalue weighted by molar-refractivity contribution is 0.147. The fraction of sp³-hybridized carbons (Fsp3) is 1.00. The summed E-state index contributed by atoms with van der Waals surface area (Å²) in [5.74, 6) is -4.08. The van der Waals surface area contributed by atoms with Crippen LogP contribution in [0, 0.1) is 0 Å². The van der Waals surface area contributed by atoms with Gasteiger partial charge in [0.25, 0.3) is 30.4 Å². The average molecular weight is 422 g/mol. The summed E-state index contributed by atoms with van der Waals surface area (Å²) in [6.07, 6.45) is 0. The SMILES string of the molecule is COS(=O)(=O)COP(=O)(OCS(=O)(=O)OC)OCS(=O)(=O)OC. The van der Waals surface area contributed by atoms with E-state index in [-0.39, 0.29) is 0 Å². The van der Waals surface area contributed by atoms with E-state index in [4.69, 9.17) is 0 Å². The molecule has 23 heavy (non-hydrogen) atoms. The van der Waals surface area contributed by atoms with Gasteiger partial charge in [-0.25, -0.2) is 4.57 Å². The van der Waals surface area contributed by atoms with Crippen LogP contribution in [0.1, 0.15) is 0 Å². The van der Waals surface area contributed by atoms with Crippen LogP contribution in [0.4, 0.5) is 0 Å². The maximum absolute atomic E-state index is 12.1. The summed E-state index contributed by atoms with van der Waals surface area (Å²) in [7, 11) is -15.5. The summed E-state index contributed by atoms with van der Waals surface area (Å²) in [6, 6.07) is 0. The second-order valence-corrected chi connectivity index (χ2v) is 10.1. The molecular formula is C6H15O13PS3. The molecule has 13 nitrogen and oxygen atoms in total. The van der Waals surface area contributed by atoms with Crippen LogP contribution >= 0.6 is 7.82 Å². The van der Waals surface area contributed by atoms with Gasteiger partial charge in [0.1, 0.15) is 0 Å². The van der Waals surface area contributed by atoms with E-state index in [0.29, 0.717) is 0 Å². The molecule has 0 aromatic rings. The van der Waals surface area contributed by atoms with Crippen molar-refractivity contribution in [3.63, 3.8) is 0 Å². The largest absolute Gasteiger partial charge is 0.478 e. The molecule has 0 atom stereocenters. The zero-order valence-electron chi connectivity index (χ0n) is 12.1. The molecule has 0 N–H and O–H groups in total. The van der Waals surface area contributed by atoms with Gasteiger partial charge in [0.15, 0.2) is 17.8 Å². The van der Waals surface area contributed by atoms with Crippen LogP contribution < -0.4 is 0 Å². The molecule has 0 aromatic heterocycles. The Balaban J connectivity index is 5.15. The van der Waals surface area contributed by atoms with Crippen molar-refractivity contribution >= 4 is 38.2 Å². The van der Waals surface area contributed by atoms with E-state index < -0.39 is 56.0 Å². The predicted molar refractivity (Wildman–Crippen MR) is 73.2 cm³/mol. The number of hydrogen-bond donors (Lipinski definition) is 0. The molecule has 0 bridgehead atoms. The van der Waals surface area contributed by atoms with Crippen molar-refractivity contribution in [1.82, 2.24) is 0 Å². The van der Waals surface area contributed by atoms with Gasteiger partial charge in [-0.1, -0.05) is 0 Å². The molecule has 17 heteroatoms. The second kappa shape index (κ2) is 8.80. The number of rotatable bonds is 12. The van der Waals surface area contributed by atoms with Crippen molar-refractivity contribution in [2.24, 2.45) is 0 Å². The molecule has 0 rings (SSSR count). The van der Waals surface area contributed by atoms with Crippen molar-refractivity contribution in [3.8, 4) is 0 Å². The molecule has 0 aliphatic heterocycles. The maximum Gasteiger partial charge on any atom is 0.478 e. The monoisotopic (exact) mass is 422 g/mol. The number of phosphoric acid groups is 1. The fourth-order valence-corrected chi connectivity index (χ4v) is 4.25. The van der Waals surface area contributed by atoms with E-state index in [1.54, 1.807) is 0 Å². The minimum absolute atomic E-state index is 0.774. The molecule has 0 heterocycles. The Bertz CT molecular complexity index is 620.